The molecule has 0 unspecified atom stereocenters. The molecule has 6 heteroatoms. The molecule has 23 heavy (non-hydrogen) atoms. The van der Waals surface area contributed by atoms with Crippen molar-refractivity contribution in [3.63, 3.8) is 0 Å². The lowest BCUT2D eigenvalue weighted by Gasteiger charge is -2.32. The van der Waals surface area contributed by atoms with Gasteiger partial charge in [-0.1, -0.05) is 30.3 Å². The zero-order valence-corrected chi connectivity index (χ0v) is 14.8. The van der Waals surface area contributed by atoms with Gasteiger partial charge in [0.05, 0.1) is 31.2 Å². The molecular weight excluding hydrogens is 314 g/mol. The number of benzene rings is 1. The van der Waals surface area contributed by atoms with E-state index in [1.165, 1.54) is 0 Å². The van der Waals surface area contributed by atoms with Gasteiger partial charge in [-0.05, 0) is 32.3 Å². The van der Waals surface area contributed by atoms with E-state index in [0.29, 0.717) is 32.9 Å². The number of ether oxygens (including phenoxy) is 2. The summed E-state index contributed by atoms with van der Waals surface area (Å²) in [4.78, 5) is 0. The van der Waals surface area contributed by atoms with Crippen LogP contribution in [0.25, 0.3) is 0 Å². The summed E-state index contributed by atoms with van der Waals surface area (Å²) in [5.74, 6) is 0. The summed E-state index contributed by atoms with van der Waals surface area (Å²) in [5, 5.41) is -0.355. The highest BCUT2D eigenvalue weighted by atomic mass is 32.2. The fraction of sp³-hybridized carbons (Fsp3) is 0.647. The van der Waals surface area contributed by atoms with E-state index in [4.69, 9.17) is 9.47 Å². The molecule has 0 amide bonds. The van der Waals surface area contributed by atoms with Crippen molar-refractivity contribution >= 4 is 10.0 Å². The summed E-state index contributed by atoms with van der Waals surface area (Å²) in [6.07, 6.45) is 1.64. The molecule has 0 aromatic heterocycles. The fourth-order valence-electron chi connectivity index (χ4n) is 2.59. The first-order chi connectivity index (χ1) is 11.0. The predicted octanol–water partition coefficient (Wildman–Crippen LogP) is 2.42. The Labute approximate surface area is 139 Å². The van der Waals surface area contributed by atoms with E-state index < -0.39 is 10.0 Å². The lowest BCUT2D eigenvalue weighted by atomic mass is 10.1. The van der Waals surface area contributed by atoms with E-state index in [1.807, 2.05) is 30.3 Å². The normalized spacial score (nSPS) is 17.7. The van der Waals surface area contributed by atoms with Crippen LogP contribution in [0.15, 0.2) is 30.3 Å². The highest BCUT2D eigenvalue weighted by Gasteiger charge is 2.30. The summed E-state index contributed by atoms with van der Waals surface area (Å²) in [5.41, 5.74) is 1.15. The molecule has 1 aliphatic heterocycles. The third-order valence-electron chi connectivity index (χ3n) is 4.05. The van der Waals surface area contributed by atoms with E-state index in [9.17, 15) is 8.42 Å². The van der Waals surface area contributed by atoms with Crippen molar-refractivity contribution in [1.82, 2.24) is 4.31 Å². The van der Waals surface area contributed by atoms with Gasteiger partial charge in [-0.2, -0.15) is 0 Å². The minimum atomic E-state index is -3.13. The molecule has 0 N–H and O–H groups in total. The van der Waals surface area contributed by atoms with Crippen LogP contribution in [-0.4, -0.2) is 50.4 Å². The summed E-state index contributed by atoms with van der Waals surface area (Å²) in [7, 11) is -3.13. The largest absolute Gasteiger partial charge is 0.376 e. The monoisotopic (exact) mass is 341 g/mol. The summed E-state index contributed by atoms with van der Waals surface area (Å²) in [6, 6.07) is 10.0. The first-order valence-electron chi connectivity index (χ1n) is 8.22. The average molecular weight is 341 g/mol. The van der Waals surface area contributed by atoms with Gasteiger partial charge >= 0.3 is 0 Å². The lowest BCUT2D eigenvalue weighted by Crippen LogP contribution is -2.43. The van der Waals surface area contributed by atoms with Crippen molar-refractivity contribution in [2.45, 2.75) is 44.6 Å². The van der Waals surface area contributed by atoms with Gasteiger partial charge in [-0.3, -0.25) is 0 Å². The van der Waals surface area contributed by atoms with Gasteiger partial charge in [0.2, 0.25) is 10.0 Å². The second-order valence-corrected chi connectivity index (χ2v) is 8.59. The van der Waals surface area contributed by atoms with Crippen molar-refractivity contribution in [3.05, 3.63) is 35.9 Å². The highest BCUT2D eigenvalue weighted by Crippen LogP contribution is 2.19. The number of hydrogen-bond donors (Lipinski definition) is 0. The van der Waals surface area contributed by atoms with Crippen molar-refractivity contribution in [2.24, 2.45) is 0 Å². The van der Waals surface area contributed by atoms with Crippen LogP contribution in [0, 0.1) is 0 Å². The molecule has 1 aromatic rings. The molecule has 0 radical (unpaired) electrons. The Kier molecular flexibility index (Phi) is 7.02. The first kappa shape index (κ1) is 18.4. The van der Waals surface area contributed by atoms with Crippen molar-refractivity contribution in [2.75, 3.05) is 26.3 Å². The van der Waals surface area contributed by atoms with Crippen LogP contribution >= 0.6 is 0 Å². The van der Waals surface area contributed by atoms with Crippen molar-refractivity contribution in [1.29, 1.82) is 0 Å². The standard InChI is InChI=1S/C17H27NO4S/c1-15(2)23(19,20)18-10-8-17(9-11-18)22-13-12-21-14-16-6-4-3-5-7-16/h3-7,15,17H,8-14H2,1-2H3. The summed E-state index contributed by atoms with van der Waals surface area (Å²) < 4.78 is 37.2. The number of nitrogens with zero attached hydrogens (tertiary/aromatic N) is 1. The number of sulfonamides is 1. The first-order valence-corrected chi connectivity index (χ1v) is 9.72. The van der Waals surface area contributed by atoms with E-state index >= 15 is 0 Å². The van der Waals surface area contributed by atoms with E-state index in [1.54, 1.807) is 18.2 Å². The van der Waals surface area contributed by atoms with Gasteiger partial charge in [0.15, 0.2) is 0 Å². The molecule has 130 valence electrons. The van der Waals surface area contributed by atoms with Crippen LogP contribution in [0.4, 0.5) is 0 Å². The maximum atomic E-state index is 12.1. The third-order valence-corrected chi connectivity index (χ3v) is 6.33. The zero-order valence-electron chi connectivity index (χ0n) is 14.0. The Morgan fingerprint density at radius 3 is 2.39 bits per heavy atom. The van der Waals surface area contributed by atoms with Crippen LogP contribution in [0.5, 0.6) is 0 Å². The number of hydrogen-bond acceptors (Lipinski definition) is 4. The van der Waals surface area contributed by atoms with Gasteiger partial charge in [0.1, 0.15) is 0 Å². The molecular formula is C17H27NO4S. The molecule has 2 rings (SSSR count). The smallest absolute Gasteiger partial charge is 0.216 e. The molecule has 0 atom stereocenters. The molecule has 5 nitrogen and oxygen atoms in total. The van der Waals surface area contributed by atoms with Crippen molar-refractivity contribution in [3.8, 4) is 0 Å². The van der Waals surface area contributed by atoms with Gasteiger partial charge < -0.3 is 9.47 Å². The maximum absolute atomic E-state index is 12.1. The van der Waals surface area contributed by atoms with Crippen molar-refractivity contribution < 1.29 is 17.9 Å². The Morgan fingerprint density at radius 1 is 1.13 bits per heavy atom. The minimum Gasteiger partial charge on any atom is -0.376 e. The molecule has 0 spiro atoms. The molecule has 1 aliphatic rings. The van der Waals surface area contributed by atoms with Crippen LogP contribution < -0.4 is 0 Å². The quantitative estimate of drug-likeness (QED) is 0.682. The zero-order chi connectivity index (χ0) is 16.7. The van der Waals surface area contributed by atoms with E-state index in [-0.39, 0.29) is 11.4 Å². The van der Waals surface area contributed by atoms with Gasteiger partial charge in [0, 0.05) is 13.1 Å². The molecule has 1 aromatic carbocycles. The Morgan fingerprint density at radius 2 is 1.78 bits per heavy atom. The van der Waals surface area contributed by atoms with Crippen LogP contribution in [0.3, 0.4) is 0 Å². The Hall–Kier alpha value is -0.950. The topological polar surface area (TPSA) is 55.8 Å². The Bertz CT molecular complexity index is 551. The Balaban J connectivity index is 1.60. The molecule has 1 heterocycles. The lowest BCUT2D eigenvalue weighted by molar-refractivity contribution is -0.0175. The minimum absolute atomic E-state index is 0.133. The SMILES string of the molecule is CC(C)S(=O)(=O)N1CCC(OCCOCc2ccccc2)CC1. The van der Waals surface area contributed by atoms with E-state index in [0.717, 1.165) is 18.4 Å². The van der Waals surface area contributed by atoms with Crippen LogP contribution in [-0.2, 0) is 26.1 Å². The number of piperidine rings is 1. The fourth-order valence-corrected chi connectivity index (χ4v) is 3.91. The second kappa shape index (κ2) is 8.78. The number of rotatable bonds is 8. The van der Waals surface area contributed by atoms with Gasteiger partial charge in [0.25, 0.3) is 0 Å². The molecule has 1 fully saturated rings. The second-order valence-electron chi connectivity index (χ2n) is 6.10. The van der Waals surface area contributed by atoms with E-state index in [2.05, 4.69) is 0 Å². The predicted molar refractivity (Wildman–Crippen MR) is 90.7 cm³/mol. The van der Waals surface area contributed by atoms with Gasteiger partial charge in [-0.15, -0.1) is 0 Å². The van der Waals surface area contributed by atoms with Crippen LogP contribution in [0.2, 0.25) is 0 Å². The summed E-state index contributed by atoms with van der Waals surface area (Å²) >= 11 is 0. The summed E-state index contributed by atoms with van der Waals surface area (Å²) in [6.45, 7) is 6.25. The average Bonchev–Trinajstić information content (AvgIpc) is 2.56. The van der Waals surface area contributed by atoms with Crippen LogP contribution in [0.1, 0.15) is 32.3 Å². The molecule has 1 saturated heterocycles. The highest BCUT2D eigenvalue weighted by molar-refractivity contribution is 7.89. The molecule has 0 saturated carbocycles. The van der Waals surface area contributed by atoms with Gasteiger partial charge in [-0.25, -0.2) is 12.7 Å². The molecule has 0 bridgehead atoms. The molecule has 0 aliphatic carbocycles. The third kappa shape index (κ3) is 5.57. The maximum Gasteiger partial charge on any atom is 0.216 e.